The molecule has 1 unspecified atom stereocenters. The summed E-state index contributed by atoms with van der Waals surface area (Å²) in [6.45, 7) is 2.56. The van der Waals surface area contributed by atoms with Crippen molar-refractivity contribution in [3.8, 4) is 0 Å². The number of rotatable bonds is 3. The van der Waals surface area contributed by atoms with Crippen LogP contribution in [0.5, 0.6) is 0 Å². The summed E-state index contributed by atoms with van der Waals surface area (Å²) >= 11 is 0. The fourth-order valence-electron chi connectivity index (χ4n) is 2.92. The zero-order valence-electron chi connectivity index (χ0n) is 12.7. The minimum absolute atomic E-state index is 0.111. The number of amides is 1. The van der Waals surface area contributed by atoms with Gasteiger partial charge in [0.05, 0.1) is 22.3 Å². The van der Waals surface area contributed by atoms with Crippen LogP contribution < -0.4 is 4.31 Å². The maximum Gasteiger partial charge on any atom is 0.244 e. The second-order valence-electron chi connectivity index (χ2n) is 5.89. The summed E-state index contributed by atoms with van der Waals surface area (Å²) in [5.41, 5.74) is 0.180. The minimum Gasteiger partial charge on any atom is -0.273 e. The third kappa shape index (κ3) is 2.77. The number of benzene rings is 1. The van der Waals surface area contributed by atoms with E-state index in [0.29, 0.717) is 13.1 Å². The Kier molecular flexibility index (Phi) is 3.97. The molecule has 23 heavy (non-hydrogen) atoms. The molecule has 1 atom stereocenters. The predicted molar refractivity (Wildman–Crippen MR) is 84.9 cm³/mol. The average Bonchev–Trinajstić information content (AvgIpc) is 3.07. The Balaban J connectivity index is 1.92. The van der Waals surface area contributed by atoms with Gasteiger partial charge in [0.2, 0.25) is 26.0 Å². The van der Waals surface area contributed by atoms with Crippen LogP contribution in [0.3, 0.4) is 0 Å². The number of hydrogen-bond donors (Lipinski definition) is 0. The van der Waals surface area contributed by atoms with Crippen LogP contribution in [0.25, 0.3) is 0 Å². The van der Waals surface area contributed by atoms with Crippen molar-refractivity contribution in [1.82, 2.24) is 4.31 Å². The van der Waals surface area contributed by atoms with Crippen LogP contribution in [0, 0.1) is 5.92 Å². The zero-order chi connectivity index (χ0) is 16.8. The molecule has 0 spiro atoms. The molecule has 3 rings (SSSR count). The summed E-state index contributed by atoms with van der Waals surface area (Å²) in [6.07, 6.45) is 1.69. The second kappa shape index (κ2) is 5.57. The lowest BCUT2D eigenvalue weighted by atomic mass is 10.2. The van der Waals surface area contributed by atoms with Crippen LogP contribution in [0.15, 0.2) is 29.2 Å². The van der Waals surface area contributed by atoms with Crippen molar-refractivity contribution in [3.63, 3.8) is 0 Å². The molecule has 2 aliphatic rings. The van der Waals surface area contributed by atoms with E-state index < -0.39 is 31.9 Å². The normalized spacial score (nSPS) is 25.2. The molecule has 9 heteroatoms. The van der Waals surface area contributed by atoms with Crippen LogP contribution in [0.2, 0.25) is 0 Å². The summed E-state index contributed by atoms with van der Waals surface area (Å²) < 4.78 is 51.2. The van der Waals surface area contributed by atoms with Crippen molar-refractivity contribution in [2.75, 3.05) is 23.1 Å². The molecule has 0 bridgehead atoms. The SMILES string of the molecule is CC1CS(=O)(=O)N(c2ccc(S(=O)(=O)N3CCCC3)cc2)C1=O. The standard InChI is InChI=1S/C14H18N2O5S2/c1-11-10-22(18,19)16(14(11)17)12-4-6-13(7-5-12)23(20,21)15-8-2-3-9-15/h4-7,11H,2-3,8-10H2,1H3. The lowest BCUT2D eigenvalue weighted by Crippen LogP contribution is -2.30. The molecule has 1 aromatic carbocycles. The van der Waals surface area contributed by atoms with E-state index in [-0.39, 0.29) is 16.3 Å². The van der Waals surface area contributed by atoms with E-state index in [1.165, 1.54) is 28.6 Å². The smallest absolute Gasteiger partial charge is 0.244 e. The monoisotopic (exact) mass is 358 g/mol. The third-order valence-corrected chi connectivity index (χ3v) is 7.92. The molecule has 7 nitrogen and oxygen atoms in total. The summed E-state index contributed by atoms with van der Waals surface area (Å²) in [5.74, 6) is -1.30. The van der Waals surface area contributed by atoms with Crippen LogP contribution >= 0.6 is 0 Å². The summed E-state index contributed by atoms with van der Waals surface area (Å²) in [7, 11) is -7.23. The molecule has 0 saturated carbocycles. The van der Waals surface area contributed by atoms with Gasteiger partial charge >= 0.3 is 0 Å². The molecule has 0 aliphatic carbocycles. The number of carbonyl (C=O) groups excluding carboxylic acids is 1. The number of nitrogens with zero attached hydrogens (tertiary/aromatic N) is 2. The lowest BCUT2D eigenvalue weighted by Gasteiger charge is -2.18. The third-order valence-electron chi connectivity index (χ3n) is 4.13. The molecule has 2 heterocycles. The minimum atomic E-state index is -3.68. The fourth-order valence-corrected chi connectivity index (χ4v) is 6.26. The Morgan fingerprint density at radius 2 is 1.65 bits per heavy atom. The molecule has 2 aliphatic heterocycles. The zero-order valence-corrected chi connectivity index (χ0v) is 14.3. The summed E-state index contributed by atoms with van der Waals surface area (Å²) in [6, 6.07) is 5.45. The highest BCUT2D eigenvalue weighted by Gasteiger charge is 2.42. The van der Waals surface area contributed by atoms with Gasteiger partial charge in [-0.2, -0.15) is 4.31 Å². The maximum absolute atomic E-state index is 12.4. The topological polar surface area (TPSA) is 91.8 Å². The van der Waals surface area contributed by atoms with Gasteiger partial charge in [-0.1, -0.05) is 6.92 Å². The van der Waals surface area contributed by atoms with Crippen molar-refractivity contribution in [2.24, 2.45) is 5.92 Å². The van der Waals surface area contributed by atoms with Crippen molar-refractivity contribution in [1.29, 1.82) is 0 Å². The molecule has 2 saturated heterocycles. The Labute approximate surface area is 136 Å². The molecule has 0 radical (unpaired) electrons. The largest absolute Gasteiger partial charge is 0.273 e. The quantitative estimate of drug-likeness (QED) is 0.796. The molecular weight excluding hydrogens is 340 g/mol. The van der Waals surface area contributed by atoms with Crippen molar-refractivity contribution >= 4 is 31.6 Å². The molecule has 1 aromatic rings. The van der Waals surface area contributed by atoms with Crippen LogP contribution in [-0.4, -0.2) is 45.9 Å². The Morgan fingerprint density at radius 1 is 1.09 bits per heavy atom. The van der Waals surface area contributed by atoms with Gasteiger partial charge in [-0.15, -0.1) is 0 Å². The van der Waals surface area contributed by atoms with E-state index in [1.54, 1.807) is 6.92 Å². The van der Waals surface area contributed by atoms with E-state index >= 15 is 0 Å². The van der Waals surface area contributed by atoms with Crippen molar-refractivity contribution < 1.29 is 21.6 Å². The maximum atomic E-state index is 12.4. The number of carbonyl (C=O) groups is 1. The first-order chi connectivity index (χ1) is 10.7. The molecular formula is C14H18N2O5S2. The van der Waals surface area contributed by atoms with E-state index in [2.05, 4.69) is 0 Å². The van der Waals surface area contributed by atoms with Gasteiger partial charge in [0.15, 0.2) is 0 Å². The van der Waals surface area contributed by atoms with Crippen molar-refractivity contribution in [3.05, 3.63) is 24.3 Å². The summed E-state index contributed by atoms with van der Waals surface area (Å²) in [5, 5.41) is 0. The van der Waals surface area contributed by atoms with E-state index in [0.717, 1.165) is 17.1 Å². The van der Waals surface area contributed by atoms with Gasteiger partial charge in [0.25, 0.3) is 0 Å². The first-order valence-corrected chi connectivity index (χ1v) is 10.5. The van der Waals surface area contributed by atoms with E-state index in [4.69, 9.17) is 0 Å². The van der Waals surface area contributed by atoms with Gasteiger partial charge in [-0.3, -0.25) is 4.79 Å². The first kappa shape index (κ1) is 16.4. The summed E-state index contributed by atoms with van der Waals surface area (Å²) in [4.78, 5) is 12.1. The molecule has 0 aromatic heterocycles. The van der Waals surface area contributed by atoms with E-state index in [9.17, 15) is 21.6 Å². The molecule has 2 fully saturated rings. The highest BCUT2D eigenvalue weighted by atomic mass is 32.2. The molecule has 126 valence electrons. The number of hydrogen-bond acceptors (Lipinski definition) is 5. The second-order valence-corrected chi connectivity index (χ2v) is 9.69. The highest BCUT2D eigenvalue weighted by Crippen LogP contribution is 2.30. The van der Waals surface area contributed by atoms with Gasteiger partial charge in [0.1, 0.15) is 0 Å². The van der Waals surface area contributed by atoms with Gasteiger partial charge in [-0.25, -0.2) is 21.1 Å². The van der Waals surface area contributed by atoms with Gasteiger partial charge in [0, 0.05) is 13.1 Å². The predicted octanol–water partition coefficient (Wildman–Crippen LogP) is 0.784. The highest BCUT2D eigenvalue weighted by molar-refractivity contribution is 7.94. The van der Waals surface area contributed by atoms with E-state index in [1.807, 2.05) is 0 Å². The van der Waals surface area contributed by atoms with Crippen molar-refractivity contribution in [2.45, 2.75) is 24.7 Å². The van der Waals surface area contributed by atoms with Gasteiger partial charge in [-0.05, 0) is 37.1 Å². The fraction of sp³-hybridized carbons (Fsp3) is 0.500. The number of anilines is 1. The Bertz CT molecular complexity index is 824. The lowest BCUT2D eigenvalue weighted by molar-refractivity contribution is -0.119. The van der Waals surface area contributed by atoms with Crippen LogP contribution in [0.1, 0.15) is 19.8 Å². The van der Waals surface area contributed by atoms with Crippen LogP contribution in [0.4, 0.5) is 5.69 Å². The molecule has 1 amide bonds. The number of sulfonamides is 2. The average molecular weight is 358 g/mol. The Hall–Kier alpha value is -1.45. The molecule has 0 N–H and O–H groups in total. The van der Waals surface area contributed by atoms with Crippen LogP contribution in [-0.2, 0) is 24.8 Å². The first-order valence-electron chi connectivity index (χ1n) is 7.40. The Morgan fingerprint density at radius 3 is 2.13 bits per heavy atom. The van der Waals surface area contributed by atoms with Gasteiger partial charge < -0.3 is 0 Å².